The summed E-state index contributed by atoms with van der Waals surface area (Å²) in [7, 11) is 0. The van der Waals surface area contributed by atoms with Gasteiger partial charge in [0.15, 0.2) is 0 Å². The number of aliphatic carboxylic acids is 1. The molecule has 0 saturated heterocycles. The molecule has 20 heavy (non-hydrogen) atoms. The van der Waals surface area contributed by atoms with Crippen molar-refractivity contribution in [1.29, 1.82) is 0 Å². The number of hydrogen-bond acceptors (Lipinski definition) is 3. The summed E-state index contributed by atoms with van der Waals surface area (Å²) in [6.45, 7) is 9.73. The Kier molecular flexibility index (Phi) is 6.50. The van der Waals surface area contributed by atoms with E-state index in [1.165, 1.54) is 0 Å². The van der Waals surface area contributed by atoms with Gasteiger partial charge >= 0.3 is 0 Å². The standard InChI is InChI=1S/C16H29NO3/c1-11(2)9-17(10-12(3)4)15(18)13-7-5-6-8-14(13)16(19)20/h11-14H,5-10H2,1-4H3,(H,19,20)/p-1/t13-,14+/m0/s1. The third-order valence-electron chi connectivity index (χ3n) is 3.87. The Morgan fingerprint density at radius 3 is 1.85 bits per heavy atom. The van der Waals surface area contributed by atoms with Crippen molar-refractivity contribution < 1.29 is 14.7 Å². The van der Waals surface area contributed by atoms with Gasteiger partial charge in [0.05, 0.1) is 0 Å². The van der Waals surface area contributed by atoms with Crippen LogP contribution in [0.3, 0.4) is 0 Å². The first-order valence-electron chi connectivity index (χ1n) is 7.82. The maximum atomic E-state index is 12.7. The smallest absolute Gasteiger partial charge is 0.226 e. The number of nitrogens with zero attached hydrogens (tertiary/aromatic N) is 1. The molecule has 0 spiro atoms. The zero-order chi connectivity index (χ0) is 15.3. The van der Waals surface area contributed by atoms with Gasteiger partial charge in [0.25, 0.3) is 0 Å². The van der Waals surface area contributed by atoms with Crippen molar-refractivity contribution in [1.82, 2.24) is 4.90 Å². The molecule has 1 amide bonds. The minimum Gasteiger partial charge on any atom is -0.550 e. The monoisotopic (exact) mass is 282 g/mol. The van der Waals surface area contributed by atoms with Gasteiger partial charge in [-0.1, -0.05) is 40.5 Å². The average Bonchev–Trinajstić information content (AvgIpc) is 2.36. The molecule has 116 valence electrons. The molecular formula is C16H28NO3-. The number of carboxylic acid groups (broad SMARTS) is 1. The molecule has 1 aliphatic carbocycles. The summed E-state index contributed by atoms with van der Waals surface area (Å²) < 4.78 is 0. The molecule has 2 atom stereocenters. The highest BCUT2D eigenvalue weighted by molar-refractivity contribution is 5.84. The number of carbonyl (C=O) groups excluding carboxylic acids is 2. The van der Waals surface area contributed by atoms with Gasteiger partial charge < -0.3 is 14.8 Å². The van der Waals surface area contributed by atoms with Crippen LogP contribution < -0.4 is 5.11 Å². The first-order valence-corrected chi connectivity index (χ1v) is 7.82. The fourth-order valence-electron chi connectivity index (χ4n) is 3.08. The summed E-state index contributed by atoms with van der Waals surface area (Å²) in [5, 5.41) is 11.3. The lowest BCUT2D eigenvalue weighted by atomic mass is 9.78. The van der Waals surface area contributed by atoms with Crippen molar-refractivity contribution in [3.8, 4) is 0 Å². The zero-order valence-electron chi connectivity index (χ0n) is 13.2. The quantitative estimate of drug-likeness (QED) is 0.744. The molecular weight excluding hydrogens is 254 g/mol. The van der Waals surface area contributed by atoms with Crippen LogP contribution >= 0.6 is 0 Å². The summed E-state index contributed by atoms with van der Waals surface area (Å²) in [4.78, 5) is 25.8. The van der Waals surface area contributed by atoms with Crippen LogP contribution in [0.25, 0.3) is 0 Å². The third-order valence-corrected chi connectivity index (χ3v) is 3.87. The second kappa shape index (κ2) is 7.65. The average molecular weight is 282 g/mol. The molecule has 0 radical (unpaired) electrons. The fraction of sp³-hybridized carbons (Fsp3) is 0.875. The van der Waals surface area contributed by atoms with Crippen molar-refractivity contribution in [2.75, 3.05) is 13.1 Å². The zero-order valence-corrected chi connectivity index (χ0v) is 13.2. The van der Waals surface area contributed by atoms with E-state index < -0.39 is 11.9 Å². The Bertz CT molecular complexity index is 329. The summed E-state index contributed by atoms with van der Waals surface area (Å²) in [6.07, 6.45) is 3.09. The Morgan fingerprint density at radius 2 is 1.45 bits per heavy atom. The SMILES string of the molecule is CC(C)CN(CC(C)C)C(=O)[C@H]1CCCC[C@H]1C(=O)[O-]. The second-order valence-corrected chi connectivity index (χ2v) is 6.85. The topological polar surface area (TPSA) is 60.4 Å². The predicted octanol–water partition coefficient (Wildman–Crippen LogP) is 1.68. The molecule has 0 aromatic heterocycles. The van der Waals surface area contributed by atoms with E-state index in [1.807, 2.05) is 4.90 Å². The summed E-state index contributed by atoms with van der Waals surface area (Å²) in [6, 6.07) is 0. The molecule has 0 unspecified atom stereocenters. The number of amides is 1. The third kappa shape index (κ3) is 4.80. The van der Waals surface area contributed by atoms with Crippen LogP contribution in [0.1, 0.15) is 53.4 Å². The Balaban J connectivity index is 2.82. The number of rotatable bonds is 6. The molecule has 1 rings (SSSR count). The van der Waals surface area contributed by atoms with E-state index in [2.05, 4.69) is 27.7 Å². The van der Waals surface area contributed by atoms with Crippen molar-refractivity contribution in [2.24, 2.45) is 23.7 Å². The molecule has 1 fully saturated rings. The van der Waals surface area contributed by atoms with Crippen LogP contribution in [0.4, 0.5) is 0 Å². The van der Waals surface area contributed by atoms with E-state index in [9.17, 15) is 14.7 Å². The lowest BCUT2D eigenvalue weighted by Gasteiger charge is -2.36. The molecule has 1 aliphatic rings. The van der Waals surface area contributed by atoms with E-state index in [0.717, 1.165) is 12.8 Å². The molecule has 4 heteroatoms. The molecule has 4 nitrogen and oxygen atoms in total. The molecule has 0 bridgehead atoms. The van der Waals surface area contributed by atoms with Crippen LogP contribution in [0.5, 0.6) is 0 Å². The minimum atomic E-state index is -1.06. The fourth-order valence-corrected chi connectivity index (χ4v) is 3.08. The Hall–Kier alpha value is -1.06. The molecule has 0 heterocycles. The van der Waals surface area contributed by atoms with Crippen molar-refractivity contribution in [3.63, 3.8) is 0 Å². The van der Waals surface area contributed by atoms with E-state index >= 15 is 0 Å². The summed E-state index contributed by atoms with van der Waals surface area (Å²) in [5.41, 5.74) is 0. The van der Waals surface area contributed by atoms with Crippen LogP contribution in [0.15, 0.2) is 0 Å². The van der Waals surface area contributed by atoms with Gasteiger partial charge in [0.2, 0.25) is 5.91 Å². The van der Waals surface area contributed by atoms with Crippen molar-refractivity contribution >= 4 is 11.9 Å². The summed E-state index contributed by atoms with van der Waals surface area (Å²) in [5.74, 6) is -1.24. The highest BCUT2D eigenvalue weighted by Gasteiger charge is 2.34. The van der Waals surface area contributed by atoms with Gasteiger partial charge in [-0.25, -0.2) is 0 Å². The van der Waals surface area contributed by atoms with E-state index in [4.69, 9.17) is 0 Å². The van der Waals surface area contributed by atoms with Crippen LogP contribution in [0, 0.1) is 23.7 Å². The van der Waals surface area contributed by atoms with Gasteiger partial charge in [-0.15, -0.1) is 0 Å². The van der Waals surface area contributed by atoms with Gasteiger partial charge in [0, 0.05) is 30.9 Å². The first kappa shape index (κ1) is 17.0. The van der Waals surface area contributed by atoms with Crippen LogP contribution in [0.2, 0.25) is 0 Å². The highest BCUT2D eigenvalue weighted by atomic mass is 16.4. The van der Waals surface area contributed by atoms with E-state index in [0.29, 0.717) is 37.8 Å². The lowest BCUT2D eigenvalue weighted by molar-refractivity contribution is -0.314. The van der Waals surface area contributed by atoms with E-state index in [1.54, 1.807) is 0 Å². The molecule has 0 aromatic rings. The molecule has 0 aromatic carbocycles. The number of carboxylic acids is 1. The van der Waals surface area contributed by atoms with E-state index in [-0.39, 0.29) is 11.8 Å². The van der Waals surface area contributed by atoms with Crippen molar-refractivity contribution in [3.05, 3.63) is 0 Å². The van der Waals surface area contributed by atoms with Crippen LogP contribution in [-0.2, 0) is 9.59 Å². The molecule has 0 N–H and O–H groups in total. The normalized spacial score (nSPS) is 23.1. The first-order chi connectivity index (χ1) is 9.32. The summed E-state index contributed by atoms with van der Waals surface area (Å²) >= 11 is 0. The second-order valence-electron chi connectivity index (χ2n) is 6.85. The van der Waals surface area contributed by atoms with Crippen LogP contribution in [-0.4, -0.2) is 29.9 Å². The number of carbonyl (C=O) groups is 2. The van der Waals surface area contributed by atoms with Crippen molar-refractivity contribution in [2.45, 2.75) is 53.4 Å². The molecule has 1 saturated carbocycles. The maximum Gasteiger partial charge on any atom is 0.226 e. The van der Waals surface area contributed by atoms with Gasteiger partial charge in [-0.2, -0.15) is 0 Å². The number of hydrogen-bond donors (Lipinski definition) is 0. The lowest BCUT2D eigenvalue weighted by Crippen LogP contribution is -2.47. The highest BCUT2D eigenvalue weighted by Crippen LogP contribution is 2.31. The minimum absolute atomic E-state index is 0.0151. The maximum absolute atomic E-state index is 12.7. The largest absolute Gasteiger partial charge is 0.550 e. The Morgan fingerprint density at radius 1 is 1.00 bits per heavy atom. The van der Waals surface area contributed by atoms with Gasteiger partial charge in [-0.05, 0) is 24.7 Å². The molecule has 0 aliphatic heterocycles. The predicted molar refractivity (Wildman–Crippen MR) is 76.7 cm³/mol. The van der Waals surface area contributed by atoms with Gasteiger partial charge in [0.1, 0.15) is 0 Å². The Labute approximate surface area is 122 Å². The van der Waals surface area contributed by atoms with Gasteiger partial charge in [-0.3, -0.25) is 4.79 Å².